The second-order valence-corrected chi connectivity index (χ2v) is 5.01. The molecule has 0 bridgehead atoms. The second kappa shape index (κ2) is 5.74. The van der Waals surface area contributed by atoms with E-state index in [9.17, 15) is 23.1 Å². The summed E-state index contributed by atoms with van der Waals surface area (Å²) < 4.78 is 38.0. The number of halogens is 3. The number of carboxylic acid groups (broad SMARTS) is 1. The fourth-order valence-corrected chi connectivity index (χ4v) is 2.51. The van der Waals surface area contributed by atoms with Gasteiger partial charge in [-0.1, -0.05) is 24.3 Å². The Bertz CT molecular complexity index is 580. The first-order valence-electron chi connectivity index (χ1n) is 6.32. The first-order valence-corrected chi connectivity index (χ1v) is 6.32. The molecule has 1 heterocycles. The van der Waals surface area contributed by atoms with Crippen molar-refractivity contribution in [1.82, 2.24) is 4.90 Å². The van der Waals surface area contributed by atoms with Crippen LogP contribution in [0.25, 0.3) is 0 Å². The zero-order valence-corrected chi connectivity index (χ0v) is 11.0. The van der Waals surface area contributed by atoms with Gasteiger partial charge in [-0.05, 0) is 11.1 Å². The van der Waals surface area contributed by atoms with Gasteiger partial charge in [-0.2, -0.15) is 18.4 Å². The van der Waals surface area contributed by atoms with E-state index in [-0.39, 0.29) is 13.1 Å². The predicted octanol–water partition coefficient (Wildman–Crippen LogP) is 2.37. The Morgan fingerprint density at radius 3 is 2.71 bits per heavy atom. The van der Waals surface area contributed by atoms with E-state index < -0.39 is 30.5 Å². The van der Waals surface area contributed by atoms with Gasteiger partial charge in [-0.25, -0.2) is 0 Å². The molecule has 1 aliphatic rings. The smallest absolute Gasteiger partial charge is 0.405 e. The van der Waals surface area contributed by atoms with E-state index in [0.29, 0.717) is 11.1 Å². The summed E-state index contributed by atoms with van der Waals surface area (Å²) in [5.74, 6) is -4.06. The molecule has 2 rings (SSSR count). The van der Waals surface area contributed by atoms with Gasteiger partial charge in [0, 0.05) is 19.6 Å². The molecule has 0 aliphatic carbocycles. The van der Waals surface area contributed by atoms with Crippen molar-refractivity contribution in [1.29, 1.82) is 5.26 Å². The number of aliphatic carboxylic acids is 1. The first kappa shape index (κ1) is 15.3. The normalized spacial score (nSPS) is 20.4. The molecule has 0 radical (unpaired) electrons. The highest BCUT2D eigenvalue weighted by molar-refractivity contribution is 5.77. The number of hydrogen-bond donors (Lipinski definition) is 1. The zero-order chi connectivity index (χ0) is 15.6. The van der Waals surface area contributed by atoms with Crippen LogP contribution in [0.1, 0.15) is 17.0 Å². The Kier molecular flexibility index (Phi) is 4.19. The SMILES string of the molecule is N#CC(CN1Cc2ccccc2C(C(=O)O)C1)C(F)(F)F. The predicted molar refractivity (Wildman–Crippen MR) is 67.3 cm³/mol. The Balaban J connectivity index is 2.22. The first-order chi connectivity index (χ1) is 9.82. The van der Waals surface area contributed by atoms with Crippen molar-refractivity contribution < 1.29 is 23.1 Å². The average molecular weight is 298 g/mol. The molecule has 1 aromatic carbocycles. The summed E-state index contributed by atoms with van der Waals surface area (Å²) in [5, 5.41) is 17.9. The molecule has 21 heavy (non-hydrogen) atoms. The maximum absolute atomic E-state index is 12.7. The molecule has 0 aromatic heterocycles. The van der Waals surface area contributed by atoms with Gasteiger partial charge >= 0.3 is 12.1 Å². The largest absolute Gasteiger partial charge is 0.481 e. The highest BCUT2D eigenvalue weighted by atomic mass is 19.4. The van der Waals surface area contributed by atoms with Crippen LogP contribution in [0.4, 0.5) is 13.2 Å². The number of rotatable bonds is 3. The second-order valence-electron chi connectivity index (χ2n) is 5.01. The summed E-state index contributed by atoms with van der Waals surface area (Å²) >= 11 is 0. The third-order valence-electron chi connectivity index (χ3n) is 3.56. The number of benzene rings is 1. The minimum Gasteiger partial charge on any atom is -0.481 e. The van der Waals surface area contributed by atoms with Crippen molar-refractivity contribution in [2.45, 2.75) is 18.6 Å². The molecule has 0 spiro atoms. The number of hydrogen-bond acceptors (Lipinski definition) is 3. The summed E-state index contributed by atoms with van der Waals surface area (Å²) in [4.78, 5) is 12.7. The molecule has 2 atom stereocenters. The Morgan fingerprint density at radius 1 is 1.48 bits per heavy atom. The Labute approximate surface area is 119 Å². The van der Waals surface area contributed by atoms with Crippen LogP contribution in [0.3, 0.4) is 0 Å². The van der Waals surface area contributed by atoms with Crippen molar-refractivity contribution in [3.05, 3.63) is 35.4 Å². The van der Waals surface area contributed by atoms with Crippen molar-refractivity contribution in [3.63, 3.8) is 0 Å². The monoisotopic (exact) mass is 298 g/mol. The van der Waals surface area contributed by atoms with Gasteiger partial charge in [-0.15, -0.1) is 0 Å². The summed E-state index contributed by atoms with van der Waals surface area (Å²) in [6.07, 6.45) is -4.61. The van der Waals surface area contributed by atoms with E-state index in [2.05, 4.69) is 0 Å². The fourth-order valence-electron chi connectivity index (χ4n) is 2.51. The fraction of sp³-hybridized carbons (Fsp3) is 0.429. The molecule has 0 fully saturated rings. The summed E-state index contributed by atoms with van der Waals surface area (Å²) in [6, 6.07) is 8.04. The zero-order valence-electron chi connectivity index (χ0n) is 11.0. The number of fused-ring (bicyclic) bond motifs is 1. The molecule has 4 nitrogen and oxygen atoms in total. The summed E-state index contributed by atoms with van der Waals surface area (Å²) in [5.41, 5.74) is 1.32. The van der Waals surface area contributed by atoms with E-state index in [0.717, 1.165) is 0 Å². The Hall–Kier alpha value is -2.07. The average Bonchev–Trinajstić information content (AvgIpc) is 2.42. The van der Waals surface area contributed by atoms with Crippen LogP contribution in [0.15, 0.2) is 24.3 Å². The maximum atomic E-state index is 12.7. The van der Waals surface area contributed by atoms with Gasteiger partial charge in [0.1, 0.15) is 0 Å². The van der Waals surface area contributed by atoms with Crippen molar-refractivity contribution in [2.24, 2.45) is 5.92 Å². The van der Waals surface area contributed by atoms with E-state index in [1.54, 1.807) is 24.3 Å². The standard InChI is InChI=1S/C14H13F3N2O2/c15-14(16,17)10(5-18)7-19-6-9-3-1-2-4-11(9)12(8-19)13(20)21/h1-4,10,12H,6-8H2,(H,20,21). The van der Waals surface area contributed by atoms with Gasteiger partial charge in [0.05, 0.1) is 12.0 Å². The molecule has 0 saturated carbocycles. The molecule has 0 saturated heterocycles. The van der Waals surface area contributed by atoms with Crippen LogP contribution in [0.5, 0.6) is 0 Å². The molecule has 1 aromatic rings. The molecular weight excluding hydrogens is 285 g/mol. The molecule has 112 valence electrons. The lowest BCUT2D eigenvalue weighted by molar-refractivity contribution is -0.164. The molecule has 7 heteroatoms. The van der Waals surface area contributed by atoms with Crippen LogP contribution < -0.4 is 0 Å². The minimum atomic E-state index is -4.61. The van der Waals surface area contributed by atoms with Crippen LogP contribution in [-0.4, -0.2) is 35.2 Å². The molecule has 0 amide bonds. The van der Waals surface area contributed by atoms with Crippen molar-refractivity contribution >= 4 is 5.97 Å². The molecule has 2 unspecified atom stereocenters. The van der Waals surface area contributed by atoms with E-state index in [1.165, 1.54) is 11.0 Å². The maximum Gasteiger partial charge on any atom is 0.405 e. The molecular formula is C14H13F3N2O2. The summed E-state index contributed by atoms with van der Waals surface area (Å²) in [7, 11) is 0. The lowest BCUT2D eigenvalue weighted by Gasteiger charge is -2.34. The lowest BCUT2D eigenvalue weighted by atomic mass is 9.89. The van der Waals surface area contributed by atoms with Crippen molar-refractivity contribution in [2.75, 3.05) is 13.1 Å². The van der Waals surface area contributed by atoms with Gasteiger partial charge in [0.25, 0.3) is 0 Å². The van der Waals surface area contributed by atoms with Gasteiger partial charge in [0.2, 0.25) is 0 Å². The van der Waals surface area contributed by atoms with Crippen LogP contribution in [-0.2, 0) is 11.3 Å². The van der Waals surface area contributed by atoms with E-state index in [4.69, 9.17) is 5.26 Å². The topological polar surface area (TPSA) is 64.3 Å². The van der Waals surface area contributed by atoms with Gasteiger partial charge in [-0.3, -0.25) is 9.69 Å². The number of alkyl halides is 3. The van der Waals surface area contributed by atoms with Crippen LogP contribution in [0, 0.1) is 17.2 Å². The Morgan fingerprint density at radius 2 is 2.14 bits per heavy atom. The van der Waals surface area contributed by atoms with Gasteiger partial charge < -0.3 is 5.11 Å². The van der Waals surface area contributed by atoms with E-state index in [1.807, 2.05) is 0 Å². The minimum absolute atomic E-state index is 0.0272. The molecule has 1 N–H and O–H groups in total. The highest BCUT2D eigenvalue weighted by Crippen LogP contribution is 2.32. The third-order valence-corrected chi connectivity index (χ3v) is 3.56. The number of nitrogens with zero attached hydrogens (tertiary/aromatic N) is 2. The highest BCUT2D eigenvalue weighted by Gasteiger charge is 2.42. The number of carboxylic acids is 1. The summed E-state index contributed by atoms with van der Waals surface area (Å²) in [6.45, 7) is -0.326. The third kappa shape index (κ3) is 3.34. The quantitative estimate of drug-likeness (QED) is 0.930. The van der Waals surface area contributed by atoms with E-state index >= 15 is 0 Å². The molecule has 1 aliphatic heterocycles. The van der Waals surface area contributed by atoms with Crippen molar-refractivity contribution in [3.8, 4) is 6.07 Å². The van der Waals surface area contributed by atoms with Crippen LogP contribution in [0.2, 0.25) is 0 Å². The number of nitriles is 1. The lowest BCUT2D eigenvalue weighted by Crippen LogP contribution is -2.42. The van der Waals surface area contributed by atoms with Crippen LogP contribution >= 0.6 is 0 Å². The number of carbonyl (C=O) groups is 1. The van der Waals surface area contributed by atoms with Gasteiger partial charge in [0.15, 0.2) is 5.92 Å².